The summed E-state index contributed by atoms with van der Waals surface area (Å²) in [7, 11) is 0. The third-order valence-corrected chi connectivity index (χ3v) is 2.45. The number of halogens is 3. The van der Waals surface area contributed by atoms with E-state index in [1.807, 2.05) is 5.32 Å². The third-order valence-electron chi connectivity index (χ3n) is 2.45. The van der Waals surface area contributed by atoms with Gasteiger partial charge in [-0.25, -0.2) is 0 Å². The molecule has 4 N–H and O–H groups in total. The maximum atomic E-state index is 12.0. The van der Waals surface area contributed by atoms with E-state index in [-0.39, 0.29) is 5.56 Å². The number of rotatable bonds is 3. The van der Waals surface area contributed by atoms with Crippen LogP contribution in [0, 0.1) is 6.92 Å². The van der Waals surface area contributed by atoms with Crippen LogP contribution in [-0.4, -0.2) is 29.8 Å². The molecule has 1 rings (SSSR count). The molecule has 4 nitrogen and oxygen atoms in total. The number of hydrogen-bond acceptors (Lipinski definition) is 3. The summed E-state index contributed by atoms with van der Waals surface area (Å²) in [5, 5.41) is 10.7. The summed E-state index contributed by atoms with van der Waals surface area (Å²) >= 11 is 0. The molecular formula is C11H13F3N2O2. The summed E-state index contributed by atoms with van der Waals surface area (Å²) in [5.41, 5.74) is 6.62. The van der Waals surface area contributed by atoms with E-state index < -0.39 is 24.7 Å². The van der Waals surface area contributed by atoms with E-state index in [1.165, 1.54) is 12.1 Å². The van der Waals surface area contributed by atoms with Gasteiger partial charge in [0.2, 0.25) is 0 Å². The van der Waals surface area contributed by atoms with Crippen molar-refractivity contribution in [1.29, 1.82) is 0 Å². The van der Waals surface area contributed by atoms with Crippen LogP contribution in [-0.2, 0) is 0 Å². The minimum Gasteiger partial charge on any atom is -0.398 e. The van der Waals surface area contributed by atoms with Crippen molar-refractivity contribution >= 4 is 11.6 Å². The Morgan fingerprint density at radius 3 is 2.67 bits per heavy atom. The highest BCUT2D eigenvalue weighted by Crippen LogP contribution is 2.19. The van der Waals surface area contributed by atoms with Gasteiger partial charge in [0, 0.05) is 11.3 Å². The smallest absolute Gasteiger partial charge is 0.398 e. The van der Waals surface area contributed by atoms with E-state index in [9.17, 15) is 18.0 Å². The molecule has 0 bridgehead atoms. The largest absolute Gasteiger partial charge is 0.416 e. The zero-order chi connectivity index (χ0) is 13.9. The SMILES string of the molecule is Cc1c(N)cccc1C(=O)NCC(O)C(F)(F)F. The topological polar surface area (TPSA) is 75.4 Å². The molecule has 0 fully saturated rings. The van der Waals surface area contributed by atoms with Crippen molar-refractivity contribution < 1.29 is 23.1 Å². The predicted molar refractivity (Wildman–Crippen MR) is 60.0 cm³/mol. The van der Waals surface area contributed by atoms with Crippen LogP contribution in [0.5, 0.6) is 0 Å². The molecule has 1 unspecified atom stereocenters. The fourth-order valence-corrected chi connectivity index (χ4v) is 1.30. The Morgan fingerprint density at radius 1 is 1.50 bits per heavy atom. The lowest BCUT2D eigenvalue weighted by molar-refractivity contribution is -0.201. The Morgan fingerprint density at radius 2 is 2.11 bits per heavy atom. The molecule has 0 heterocycles. The number of anilines is 1. The van der Waals surface area contributed by atoms with Crippen LogP contribution in [0.15, 0.2) is 18.2 Å². The zero-order valence-corrected chi connectivity index (χ0v) is 9.58. The van der Waals surface area contributed by atoms with Crippen molar-refractivity contribution in [2.24, 2.45) is 0 Å². The second-order valence-corrected chi connectivity index (χ2v) is 3.79. The Hall–Kier alpha value is -1.76. The van der Waals surface area contributed by atoms with Crippen LogP contribution in [0.1, 0.15) is 15.9 Å². The van der Waals surface area contributed by atoms with E-state index in [4.69, 9.17) is 10.8 Å². The summed E-state index contributed by atoms with van der Waals surface area (Å²) in [5.74, 6) is -0.705. The number of alkyl halides is 3. The van der Waals surface area contributed by atoms with Crippen molar-refractivity contribution in [1.82, 2.24) is 5.32 Å². The van der Waals surface area contributed by atoms with E-state index >= 15 is 0 Å². The van der Waals surface area contributed by atoms with Gasteiger partial charge in [-0.15, -0.1) is 0 Å². The molecule has 0 saturated heterocycles. The number of carbonyl (C=O) groups is 1. The van der Waals surface area contributed by atoms with E-state index in [0.29, 0.717) is 11.3 Å². The standard InChI is InChI=1S/C11H13F3N2O2/c1-6-7(3-2-4-8(6)15)10(18)16-5-9(17)11(12,13)14/h2-4,9,17H,5,15H2,1H3,(H,16,18). The normalized spacial score (nSPS) is 13.2. The minimum absolute atomic E-state index is 0.185. The molecule has 0 aliphatic rings. The second kappa shape index (κ2) is 5.26. The van der Waals surface area contributed by atoms with Gasteiger partial charge in [-0.2, -0.15) is 13.2 Å². The van der Waals surface area contributed by atoms with Crippen molar-refractivity contribution in [2.45, 2.75) is 19.2 Å². The predicted octanol–water partition coefficient (Wildman–Crippen LogP) is 1.23. The number of aliphatic hydroxyl groups excluding tert-OH is 1. The van der Waals surface area contributed by atoms with Gasteiger partial charge in [-0.1, -0.05) is 6.07 Å². The van der Waals surface area contributed by atoms with E-state index in [1.54, 1.807) is 13.0 Å². The first-order valence-corrected chi connectivity index (χ1v) is 5.11. The Bertz CT molecular complexity index is 446. The fraction of sp³-hybridized carbons (Fsp3) is 0.364. The molecule has 100 valence electrons. The minimum atomic E-state index is -4.75. The lowest BCUT2D eigenvalue weighted by atomic mass is 10.1. The van der Waals surface area contributed by atoms with Crippen LogP contribution in [0.25, 0.3) is 0 Å². The molecule has 1 aromatic carbocycles. The average Bonchev–Trinajstić information content (AvgIpc) is 2.27. The molecule has 18 heavy (non-hydrogen) atoms. The van der Waals surface area contributed by atoms with Crippen molar-refractivity contribution in [3.05, 3.63) is 29.3 Å². The quantitative estimate of drug-likeness (QED) is 0.717. The number of aliphatic hydroxyl groups is 1. The highest BCUT2D eigenvalue weighted by molar-refractivity contribution is 5.96. The molecule has 0 radical (unpaired) electrons. The molecule has 0 aliphatic carbocycles. The summed E-state index contributed by atoms with van der Waals surface area (Å²) in [6.07, 6.45) is -7.33. The number of hydrogen-bond donors (Lipinski definition) is 3. The van der Waals surface area contributed by atoms with Gasteiger partial charge in [-0.05, 0) is 24.6 Å². The van der Waals surface area contributed by atoms with E-state index in [0.717, 1.165) is 0 Å². The van der Waals surface area contributed by atoms with Crippen molar-refractivity contribution in [2.75, 3.05) is 12.3 Å². The molecule has 1 amide bonds. The molecule has 0 aromatic heterocycles. The Balaban J connectivity index is 2.70. The number of amides is 1. The average molecular weight is 262 g/mol. The number of nitrogens with one attached hydrogen (secondary N) is 1. The maximum absolute atomic E-state index is 12.0. The molecule has 0 aliphatic heterocycles. The number of carbonyl (C=O) groups excluding carboxylic acids is 1. The molecule has 1 aromatic rings. The first-order chi connectivity index (χ1) is 8.23. The maximum Gasteiger partial charge on any atom is 0.416 e. The fourth-order valence-electron chi connectivity index (χ4n) is 1.30. The summed E-state index contributed by atoms with van der Waals surface area (Å²) in [4.78, 5) is 11.6. The first-order valence-electron chi connectivity index (χ1n) is 5.11. The van der Waals surface area contributed by atoms with Gasteiger partial charge in [0.25, 0.3) is 5.91 Å². The van der Waals surface area contributed by atoms with Gasteiger partial charge >= 0.3 is 6.18 Å². The Kier molecular flexibility index (Phi) is 4.18. The number of nitrogen functional groups attached to an aromatic ring is 1. The lowest BCUT2D eigenvalue weighted by Gasteiger charge is -2.15. The molecule has 0 spiro atoms. The van der Waals surface area contributed by atoms with Gasteiger partial charge in [-0.3, -0.25) is 4.79 Å². The van der Waals surface area contributed by atoms with Crippen LogP contribution < -0.4 is 11.1 Å². The second-order valence-electron chi connectivity index (χ2n) is 3.79. The van der Waals surface area contributed by atoms with Crippen LogP contribution in [0.2, 0.25) is 0 Å². The van der Waals surface area contributed by atoms with Crippen molar-refractivity contribution in [3.63, 3.8) is 0 Å². The summed E-state index contributed by atoms with van der Waals surface area (Å²) < 4.78 is 36.1. The number of benzene rings is 1. The van der Waals surface area contributed by atoms with Gasteiger partial charge < -0.3 is 16.2 Å². The summed E-state index contributed by atoms with van der Waals surface area (Å²) in [6, 6.07) is 4.55. The van der Waals surface area contributed by atoms with Crippen LogP contribution in [0.3, 0.4) is 0 Å². The highest BCUT2D eigenvalue weighted by atomic mass is 19.4. The highest BCUT2D eigenvalue weighted by Gasteiger charge is 2.38. The zero-order valence-electron chi connectivity index (χ0n) is 9.58. The number of nitrogens with two attached hydrogens (primary N) is 1. The van der Waals surface area contributed by atoms with Crippen LogP contribution >= 0.6 is 0 Å². The summed E-state index contributed by atoms with van der Waals surface area (Å²) in [6.45, 7) is 0.695. The molecule has 1 atom stereocenters. The monoisotopic (exact) mass is 262 g/mol. The molecule has 7 heteroatoms. The molecule has 0 saturated carbocycles. The van der Waals surface area contributed by atoms with Crippen molar-refractivity contribution in [3.8, 4) is 0 Å². The molecular weight excluding hydrogens is 249 g/mol. The van der Waals surface area contributed by atoms with Gasteiger partial charge in [0.15, 0.2) is 6.10 Å². The Labute approximate surface area is 102 Å². The lowest BCUT2D eigenvalue weighted by Crippen LogP contribution is -2.40. The third kappa shape index (κ3) is 3.36. The first kappa shape index (κ1) is 14.3. The van der Waals surface area contributed by atoms with Gasteiger partial charge in [0.1, 0.15) is 0 Å². The van der Waals surface area contributed by atoms with E-state index in [2.05, 4.69) is 0 Å². The van der Waals surface area contributed by atoms with Gasteiger partial charge in [0.05, 0.1) is 6.54 Å². The van der Waals surface area contributed by atoms with Crippen LogP contribution in [0.4, 0.5) is 18.9 Å².